The number of carbonyl (C=O) groups excluding carboxylic acids is 1. The van der Waals surface area contributed by atoms with Gasteiger partial charge in [0.1, 0.15) is 22.7 Å². The molecule has 0 aliphatic heterocycles. The van der Waals surface area contributed by atoms with E-state index >= 15 is 0 Å². The predicted molar refractivity (Wildman–Crippen MR) is 101 cm³/mol. The normalized spacial score (nSPS) is 12.6. The molecule has 1 unspecified atom stereocenters. The molecule has 4 rings (SSSR count). The Labute approximate surface area is 154 Å². The van der Waals surface area contributed by atoms with Crippen LogP contribution in [0, 0.1) is 5.82 Å². The van der Waals surface area contributed by atoms with Crippen molar-refractivity contribution in [3.63, 3.8) is 0 Å². The van der Waals surface area contributed by atoms with Crippen molar-refractivity contribution in [1.29, 1.82) is 0 Å². The molecule has 0 aliphatic rings. The van der Waals surface area contributed by atoms with Gasteiger partial charge in [0.05, 0.1) is 17.3 Å². The quantitative estimate of drug-likeness (QED) is 0.581. The molecule has 3 aromatic heterocycles. The first-order valence-electron chi connectivity index (χ1n) is 8.75. The molecule has 4 aromatic rings. The minimum absolute atomic E-state index is 0.0632. The van der Waals surface area contributed by atoms with Gasteiger partial charge in [-0.15, -0.1) is 0 Å². The number of aromatic amines is 1. The first-order chi connectivity index (χ1) is 13.0. The van der Waals surface area contributed by atoms with Crippen LogP contribution in [0.4, 0.5) is 4.39 Å². The molecule has 1 aromatic carbocycles. The van der Waals surface area contributed by atoms with E-state index in [4.69, 9.17) is 0 Å². The topological polar surface area (TPSA) is 88.5 Å². The highest BCUT2D eigenvalue weighted by Crippen LogP contribution is 2.28. The molecule has 0 saturated heterocycles. The van der Waals surface area contributed by atoms with Gasteiger partial charge in [-0.1, -0.05) is 6.92 Å². The molecular weight excluding hydrogens is 347 g/mol. The van der Waals surface area contributed by atoms with Crippen molar-refractivity contribution in [1.82, 2.24) is 30.0 Å². The largest absolute Gasteiger partial charge is 0.349 e. The molecule has 7 nitrogen and oxygen atoms in total. The van der Waals surface area contributed by atoms with Gasteiger partial charge in [-0.25, -0.2) is 14.4 Å². The standard InChI is InChI=1S/C19H19FN6O/c1-4-10(2)23-19(27)13-8-21-18-17(13)24-14(9-22-18)16-12-6-5-11(20)7-15(12)26(3)25-16/h5-10H,4H2,1-3H3,(H,21,22)(H,23,27). The number of nitrogens with one attached hydrogen (secondary N) is 2. The summed E-state index contributed by atoms with van der Waals surface area (Å²) < 4.78 is 15.2. The van der Waals surface area contributed by atoms with Crippen molar-refractivity contribution >= 4 is 28.0 Å². The summed E-state index contributed by atoms with van der Waals surface area (Å²) in [5.74, 6) is -0.525. The highest BCUT2D eigenvalue weighted by molar-refractivity contribution is 6.05. The maximum Gasteiger partial charge on any atom is 0.255 e. The van der Waals surface area contributed by atoms with Crippen molar-refractivity contribution < 1.29 is 9.18 Å². The lowest BCUT2D eigenvalue weighted by atomic mass is 10.1. The van der Waals surface area contributed by atoms with Gasteiger partial charge in [0.2, 0.25) is 0 Å². The molecule has 0 radical (unpaired) electrons. The van der Waals surface area contributed by atoms with E-state index in [1.54, 1.807) is 30.2 Å². The summed E-state index contributed by atoms with van der Waals surface area (Å²) in [6, 6.07) is 4.56. The Balaban J connectivity index is 1.82. The predicted octanol–water partition coefficient (Wildman–Crippen LogP) is 3.18. The number of benzene rings is 1. The van der Waals surface area contributed by atoms with Crippen molar-refractivity contribution in [2.45, 2.75) is 26.3 Å². The average molecular weight is 366 g/mol. The number of H-pyrrole nitrogens is 1. The summed E-state index contributed by atoms with van der Waals surface area (Å²) in [5.41, 5.74) is 3.23. The Morgan fingerprint density at radius 1 is 1.41 bits per heavy atom. The van der Waals surface area contributed by atoms with Crippen molar-refractivity contribution in [2.24, 2.45) is 7.05 Å². The Bertz CT molecular complexity index is 1160. The molecule has 0 aliphatic carbocycles. The van der Waals surface area contributed by atoms with E-state index in [-0.39, 0.29) is 17.8 Å². The van der Waals surface area contributed by atoms with Crippen LogP contribution in [0.2, 0.25) is 0 Å². The zero-order chi connectivity index (χ0) is 19.1. The number of aromatic nitrogens is 5. The highest BCUT2D eigenvalue weighted by atomic mass is 19.1. The number of hydrogen-bond acceptors (Lipinski definition) is 4. The molecule has 2 N–H and O–H groups in total. The fourth-order valence-electron chi connectivity index (χ4n) is 3.00. The van der Waals surface area contributed by atoms with Crippen LogP contribution >= 0.6 is 0 Å². The van der Waals surface area contributed by atoms with Crippen LogP contribution in [0.15, 0.2) is 30.6 Å². The second-order valence-corrected chi connectivity index (χ2v) is 6.57. The molecule has 0 spiro atoms. The molecule has 138 valence electrons. The molecule has 1 atom stereocenters. The monoisotopic (exact) mass is 366 g/mol. The van der Waals surface area contributed by atoms with E-state index in [1.807, 2.05) is 13.8 Å². The second kappa shape index (κ2) is 6.46. The van der Waals surface area contributed by atoms with Crippen LogP contribution in [-0.4, -0.2) is 36.7 Å². The van der Waals surface area contributed by atoms with Gasteiger partial charge in [-0.3, -0.25) is 9.48 Å². The summed E-state index contributed by atoms with van der Waals surface area (Å²) in [6.45, 7) is 3.95. The molecule has 0 fully saturated rings. The van der Waals surface area contributed by atoms with E-state index in [1.165, 1.54) is 12.1 Å². The van der Waals surface area contributed by atoms with Crippen LogP contribution in [-0.2, 0) is 7.05 Å². The molecule has 27 heavy (non-hydrogen) atoms. The Hall–Kier alpha value is -3.29. The lowest BCUT2D eigenvalue weighted by Gasteiger charge is -2.10. The molecule has 3 heterocycles. The minimum atomic E-state index is -0.326. The number of amides is 1. The van der Waals surface area contributed by atoms with Gasteiger partial charge < -0.3 is 10.3 Å². The zero-order valence-electron chi connectivity index (χ0n) is 15.2. The number of nitrogens with zero attached hydrogens (tertiary/aromatic N) is 4. The van der Waals surface area contributed by atoms with Gasteiger partial charge in [-0.2, -0.15) is 5.10 Å². The summed E-state index contributed by atoms with van der Waals surface area (Å²) in [4.78, 5) is 24.5. The highest BCUT2D eigenvalue weighted by Gasteiger charge is 2.18. The number of carbonyl (C=O) groups is 1. The summed E-state index contributed by atoms with van der Waals surface area (Å²) in [5, 5.41) is 8.17. The SMILES string of the molecule is CCC(C)NC(=O)c1c[nH]c2ncc(-c3nn(C)c4cc(F)ccc34)nc12. The third-order valence-corrected chi connectivity index (χ3v) is 4.67. The van der Waals surface area contributed by atoms with Gasteiger partial charge in [0, 0.05) is 24.7 Å². The van der Waals surface area contributed by atoms with Gasteiger partial charge in [0.25, 0.3) is 5.91 Å². The van der Waals surface area contributed by atoms with Gasteiger partial charge in [-0.05, 0) is 31.5 Å². The van der Waals surface area contributed by atoms with Crippen molar-refractivity contribution in [3.8, 4) is 11.4 Å². The lowest BCUT2D eigenvalue weighted by Crippen LogP contribution is -2.31. The van der Waals surface area contributed by atoms with Crippen LogP contribution in [0.1, 0.15) is 30.6 Å². The maximum atomic E-state index is 13.6. The van der Waals surface area contributed by atoms with E-state index in [2.05, 4.69) is 25.4 Å². The number of hydrogen-bond donors (Lipinski definition) is 2. The molecular formula is C19H19FN6O. The molecule has 8 heteroatoms. The Kier molecular flexibility index (Phi) is 4.10. The van der Waals surface area contributed by atoms with Crippen molar-refractivity contribution in [3.05, 3.63) is 42.0 Å². The van der Waals surface area contributed by atoms with Crippen LogP contribution < -0.4 is 5.32 Å². The Morgan fingerprint density at radius 2 is 2.22 bits per heavy atom. The van der Waals surface area contributed by atoms with E-state index in [9.17, 15) is 9.18 Å². The summed E-state index contributed by atoms with van der Waals surface area (Å²) in [6.07, 6.45) is 4.04. The fraction of sp³-hybridized carbons (Fsp3) is 0.263. The van der Waals surface area contributed by atoms with E-state index in [0.29, 0.717) is 33.6 Å². The third-order valence-electron chi connectivity index (χ3n) is 4.67. The second-order valence-electron chi connectivity index (χ2n) is 6.57. The fourth-order valence-corrected chi connectivity index (χ4v) is 3.00. The zero-order valence-corrected chi connectivity index (χ0v) is 15.2. The summed E-state index contributed by atoms with van der Waals surface area (Å²) in [7, 11) is 1.75. The Morgan fingerprint density at radius 3 is 3.00 bits per heavy atom. The molecule has 1 amide bonds. The number of fused-ring (bicyclic) bond motifs is 2. The molecule has 0 saturated carbocycles. The lowest BCUT2D eigenvalue weighted by molar-refractivity contribution is 0.0941. The third kappa shape index (κ3) is 2.92. The van der Waals surface area contributed by atoms with E-state index < -0.39 is 0 Å². The van der Waals surface area contributed by atoms with Gasteiger partial charge in [0.15, 0.2) is 5.65 Å². The summed E-state index contributed by atoms with van der Waals surface area (Å²) >= 11 is 0. The number of rotatable bonds is 4. The maximum absolute atomic E-state index is 13.6. The average Bonchev–Trinajstić information content (AvgIpc) is 3.22. The first kappa shape index (κ1) is 17.1. The van der Waals surface area contributed by atoms with Crippen molar-refractivity contribution in [2.75, 3.05) is 0 Å². The number of halogens is 1. The minimum Gasteiger partial charge on any atom is -0.349 e. The van der Waals surface area contributed by atoms with Crippen LogP contribution in [0.25, 0.3) is 33.5 Å². The number of aryl methyl sites for hydroxylation is 1. The van der Waals surface area contributed by atoms with Crippen LogP contribution in [0.5, 0.6) is 0 Å². The van der Waals surface area contributed by atoms with Gasteiger partial charge >= 0.3 is 0 Å². The van der Waals surface area contributed by atoms with E-state index in [0.717, 1.165) is 11.8 Å². The van der Waals surface area contributed by atoms with Crippen LogP contribution in [0.3, 0.4) is 0 Å². The smallest absolute Gasteiger partial charge is 0.255 e. The molecule has 0 bridgehead atoms. The first-order valence-corrected chi connectivity index (χ1v) is 8.75.